The first-order valence-electron chi connectivity index (χ1n) is 10.6. The zero-order chi connectivity index (χ0) is 21.3. The van der Waals surface area contributed by atoms with E-state index in [9.17, 15) is 9.18 Å². The minimum absolute atomic E-state index is 0.0862. The molecule has 0 spiro atoms. The van der Waals surface area contributed by atoms with Gasteiger partial charge in [-0.1, -0.05) is 6.07 Å². The summed E-state index contributed by atoms with van der Waals surface area (Å²) in [6.45, 7) is 9.09. The number of aromatic nitrogens is 2. The number of benzene rings is 2. The molecule has 1 fully saturated rings. The fourth-order valence-corrected chi connectivity index (χ4v) is 4.25. The predicted octanol–water partition coefficient (Wildman–Crippen LogP) is 4.76. The Hall–Kier alpha value is -2.73. The summed E-state index contributed by atoms with van der Waals surface area (Å²) in [4.78, 5) is 20.6. The molecule has 5 nitrogen and oxygen atoms in total. The highest BCUT2D eigenvalue weighted by Crippen LogP contribution is 2.28. The molecule has 30 heavy (non-hydrogen) atoms. The summed E-state index contributed by atoms with van der Waals surface area (Å²) in [5, 5.41) is 0.462. The molecule has 4 rings (SSSR count). The van der Waals surface area contributed by atoms with Gasteiger partial charge < -0.3 is 9.64 Å². The molecule has 1 aromatic heterocycles. The molecule has 6 heteroatoms. The predicted molar refractivity (Wildman–Crippen MR) is 117 cm³/mol. The van der Waals surface area contributed by atoms with Gasteiger partial charge in [0.05, 0.1) is 5.52 Å². The van der Waals surface area contributed by atoms with E-state index in [1.165, 1.54) is 12.1 Å². The van der Waals surface area contributed by atoms with Crippen molar-refractivity contribution in [3.8, 4) is 11.5 Å². The normalized spacial score (nSPS) is 17.6. The maximum atomic E-state index is 13.5. The topological polar surface area (TPSA) is 47.4 Å². The summed E-state index contributed by atoms with van der Waals surface area (Å²) in [5.41, 5.74) is 0.526. The van der Waals surface area contributed by atoms with Gasteiger partial charge in [0.1, 0.15) is 28.5 Å². The smallest absolute Gasteiger partial charge is 0.265 e. The van der Waals surface area contributed by atoms with Crippen LogP contribution in [0.25, 0.3) is 10.9 Å². The molecule has 2 heterocycles. The van der Waals surface area contributed by atoms with Gasteiger partial charge in [0, 0.05) is 19.1 Å². The van der Waals surface area contributed by atoms with Gasteiger partial charge in [0.2, 0.25) is 0 Å². The van der Waals surface area contributed by atoms with Gasteiger partial charge in [-0.2, -0.15) is 0 Å². The van der Waals surface area contributed by atoms with Crippen LogP contribution in [0.1, 0.15) is 32.5 Å². The second kappa shape index (κ2) is 8.56. The third-order valence-corrected chi connectivity index (χ3v) is 5.90. The van der Waals surface area contributed by atoms with E-state index in [1.54, 1.807) is 22.8 Å². The van der Waals surface area contributed by atoms with Crippen molar-refractivity contribution >= 4 is 10.9 Å². The van der Waals surface area contributed by atoms with Gasteiger partial charge in [-0.05, 0) is 82.5 Å². The van der Waals surface area contributed by atoms with Crippen molar-refractivity contribution < 1.29 is 9.13 Å². The number of ether oxygens (including phenoxy) is 1. The SMILES string of the molecule is Cc1nc2cccc(Oc3ccc(F)cc3)c2c(=O)n1C[C@H]1CCCN(C(C)C)C1. The van der Waals surface area contributed by atoms with Crippen molar-refractivity contribution in [1.29, 1.82) is 0 Å². The molecule has 2 aromatic carbocycles. The summed E-state index contributed by atoms with van der Waals surface area (Å²) in [5.74, 6) is 1.73. The van der Waals surface area contributed by atoms with Gasteiger partial charge in [0.15, 0.2) is 0 Å². The first kappa shape index (κ1) is 20.5. The molecule has 158 valence electrons. The number of hydrogen-bond donors (Lipinski definition) is 0. The molecule has 0 N–H and O–H groups in total. The van der Waals surface area contributed by atoms with E-state index in [0.717, 1.165) is 25.9 Å². The highest BCUT2D eigenvalue weighted by molar-refractivity contribution is 5.84. The fourth-order valence-electron chi connectivity index (χ4n) is 4.25. The molecular formula is C24H28FN3O2. The minimum Gasteiger partial charge on any atom is -0.456 e. The van der Waals surface area contributed by atoms with E-state index in [1.807, 2.05) is 19.1 Å². The van der Waals surface area contributed by atoms with E-state index in [0.29, 0.717) is 46.7 Å². The van der Waals surface area contributed by atoms with E-state index in [2.05, 4.69) is 23.7 Å². The maximum absolute atomic E-state index is 13.5. The largest absolute Gasteiger partial charge is 0.456 e. The van der Waals surface area contributed by atoms with Gasteiger partial charge >= 0.3 is 0 Å². The molecule has 1 atom stereocenters. The molecule has 1 saturated heterocycles. The summed E-state index contributed by atoms with van der Waals surface area (Å²) in [6.07, 6.45) is 2.26. The van der Waals surface area contributed by atoms with Gasteiger partial charge in [0.25, 0.3) is 5.56 Å². The van der Waals surface area contributed by atoms with Crippen molar-refractivity contribution in [2.45, 2.75) is 46.2 Å². The van der Waals surface area contributed by atoms with Gasteiger partial charge in [-0.15, -0.1) is 0 Å². The Morgan fingerprint density at radius 1 is 1.20 bits per heavy atom. The fraction of sp³-hybridized carbons (Fsp3) is 0.417. The number of aryl methyl sites for hydroxylation is 1. The van der Waals surface area contributed by atoms with Crippen molar-refractivity contribution in [2.75, 3.05) is 13.1 Å². The Morgan fingerprint density at radius 2 is 1.97 bits per heavy atom. The number of rotatable bonds is 5. The van der Waals surface area contributed by atoms with Crippen LogP contribution >= 0.6 is 0 Å². The Balaban J connectivity index is 1.69. The number of piperidine rings is 1. The van der Waals surface area contributed by atoms with Crippen LogP contribution in [0.15, 0.2) is 47.3 Å². The summed E-state index contributed by atoms with van der Waals surface area (Å²) in [6, 6.07) is 11.7. The van der Waals surface area contributed by atoms with Crippen LogP contribution in [0.4, 0.5) is 4.39 Å². The first-order valence-corrected chi connectivity index (χ1v) is 10.6. The highest BCUT2D eigenvalue weighted by Gasteiger charge is 2.23. The van der Waals surface area contributed by atoms with Crippen molar-refractivity contribution in [2.24, 2.45) is 5.92 Å². The zero-order valence-electron chi connectivity index (χ0n) is 17.8. The Morgan fingerprint density at radius 3 is 2.70 bits per heavy atom. The Labute approximate surface area is 176 Å². The lowest BCUT2D eigenvalue weighted by Gasteiger charge is -2.35. The number of hydrogen-bond acceptors (Lipinski definition) is 4. The Kier molecular flexibility index (Phi) is 5.86. The lowest BCUT2D eigenvalue weighted by molar-refractivity contribution is 0.129. The van der Waals surface area contributed by atoms with E-state index in [-0.39, 0.29) is 11.4 Å². The molecule has 1 aliphatic rings. The van der Waals surface area contributed by atoms with Crippen molar-refractivity contribution in [1.82, 2.24) is 14.5 Å². The van der Waals surface area contributed by atoms with E-state index in [4.69, 9.17) is 4.74 Å². The van der Waals surface area contributed by atoms with Crippen LogP contribution in [0.5, 0.6) is 11.5 Å². The van der Waals surface area contributed by atoms with Crippen LogP contribution in [-0.4, -0.2) is 33.6 Å². The van der Waals surface area contributed by atoms with Crippen LogP contribution in [0.3, 0.4) is 0 Å². The monoisotopic (exact) mass is 409 g/mol. The summed E-state index contributed by atoms with van der Waals surface area (Å²) < 4.78 is 20.9. The third-order valence-electron chi connectivity index (χ3n) is 5.90. The van der Waals surface area contributed by atoms with Crippen LogP contribution in [0.2, 0.25) is 0 Å². The van der Waals surface area contributed by atoms with E-state index >= 15 is 0 Å². The van der Waals surface area contributed by atoms with Crippen LogP contribution < -0.4 is 10.3 Å². The lowest BCUT2D eigenvalue weighted by atomic mass is 9.96. The molecule has 0 aliphatic carbocycles. The molecule has 0 unspecified atom stereocenters. The number of fused-ring (bicyclic) bond motifs is 1. The van der Waals surface area contributed by atoms with Gasteiger partial charge in [-0.25, -0.2) is 9.37 Å². The Bertz CT molecular complexity index is 1090. The molecule has 0 bridgehead atoms. The van der Waals surface area contributed by atoms with Crippen molar-refractivity contribution in [3.63, 3.8) is 0 Å². The number of halogens is 1. The quantitative estimate of drug-likeness (QED) is 0.610. The minimum atomic E-state index is -0.331. The summed E-state index contributed by atoms with van der Waals surface area (Å²) in [7, 11) is 0. The highest BCUT2D eigenvalue weighted by atomic mass is 19.1. The first-order chi connectivity index (χ1) is 14.4. The van der Waals surface area contributed by atoms with E-state index < -0.39 is 0 Å². The molecule has 0 radical (unpaired) electrons. The average molecular weight is 410 g/mol. The summed E-state index contributed by atoms with van der Waals surface area (Å²) >= 11 is 0. The number of nitrogens with zero attached hydrogens (tertiary/aromatic N) is 3. The van der Waals surface area contributed by atoms with Gasteiger partial charge in [-0.3, -0.25) is 9.36 Å². The third kappa shape index (κ3) is 4.24. The second-order valence-corrected chi connectivity index (χ2v) is 8.38. The lowest BCUT2D eigenvalue weighted by Crippen LogP contribution is -2.42. The van der Waals surface area contributed by atoms with Crippen LogP contribution in [0, 0.1) is 18.7 Å². The molecular weight excluding hydrogens is 381 g/mol. The maximum Gasteiger partial charge on any atom is 0.265 e. The van der Waals surface area contributed by atoms with Crippen LogP contribution in [-0.2, 0) is 6.54 Å². The zero-order valence-corrected chi connectivity index (χ0v) is 17.8. The standard InChI is InChI=1S/C24H28FN3O2/c1-16(2)27-13-5-6-18(14-27)15-28-17(3)26-21-7-4-8-22(23(21)24(28)29)30-20-11-9-19(25)10-12-20/h4,7-12,16,18H,5-6,13-15H2,1-3H3/t18-/m0/s1. The van der Waals surface area contributed by atoms with Crippen molar-refractivity contribution in [3.05, 3.63) is 64.5 Å². The molecule has 0 saturated carbocycles. The molecule has 1 aliphatic heterocycles. The average Bonchev–Trinajstić information content (AvgIpc) is 2.73. The number of likely N-dealkylation sites (tertiary alicyclic amines) is 1. The second-order valence-electron chi connectivity index (χ2n) is 8.38. The molecule has 0 amide bonds. The molecule has 3 aromatic rings.